The van der Waals surface area contributed by atoms with Gasteiger partial charge < -0.3 is 0 Å². The van der Waals surface area contributed by atoms with Gasteiger partial charge in [0.1, 0.15) is 0 Å². The van der Waals surface area contributed by atoms with E-state index in [-0.39, 0.29) is 29.9 Å². The van der Waals surface area contributed by atoms with Crippen molar-refractivity contribution in [2.75, 3.05) is 14.1 Å². The molecule has 0 radical (unpaired) electrons. The number of Topliss-reactive ketones (excluding diaryl/α,β-unsaturated/α-hetero) is 1. The number of hydrogen-bond acceptors (Lipinski definition) is 3. The van der Waals surface area contributed by atoms with Crippen molar-refractivity contribution in [1.29, 1.82) is 0 Å². The molecule has 4 nitrogen and oxygen atoms in total. The predicted octanol–water partition coefficient (Wildman–Crippen LogP) is 5.18. The van der Waals surface area contributed by atoms with Crippen molar-refractivity contribution in [1.82, 2.24) is 10.0 Å². The number of rotatable bonds is 9. The van der Waals surface area contributed by atoms with Gasteiger partial charge in [0.2, 0.25) is 5.91 Å². The Labute approximate surface area is 185 Å². The van der Waals surface area contributed by atoms with E-state index in [1.807, 2.05) is 117 Å². The van der Waals surface area contributed by atoms with Gasteiger partial charge in [0.05, 0.1) is 6.54 Å². The molecule has 1 amide bonds. The quantitative estimate of drug-likeness (QED) is 0.358. The maximum atomic E-state index is 13.6. The second-order valence-electron chi connectivity index (χ2n) is 8.03. The third kappa shape index (κ3) is 5.89. The van der Waals surface area contributed by atoms with Gasteiger partial charge >= 0.3 is 0 Å². The molecule has 0 aliphatic rings. The smallest absolute Gasteiger partial charge is 0.240 e. The molecule has 3 aromatic rings. The van der Waals surface area contributed by atoms with Crippen molar-refractivity contribution in [2.24, 2.45) is 5.92 Å². The lowest BCUT2D eigenvalue weighted by atomic mass is 9.81. The average Bonchev–Trinajstić information content (AvgIpc) is 2.81. The third-order valence-corrected chi connectivity index (χ3v) is 5.63. The van der Waals surface area contributed by atoms with Crippen LogP contribution in [0, 0.1) is 5.92 Å². The SMILES string of the molecule is C[C@@H](C(=O)N(Cc1ccccc1)N(C)C)[C@@H](CC(=O)c1ccccc1)c1ccccc1. The van der Waals surface area contributed by atoms with Gasteiger partial charge in [-0.05, 0) is 11.1 Å². The Kier molecular flexibility index (Phi) is 7.74. The van der Waals surface area contributed by atoms with Crippen LogP contribution in [0.1, 0.15) is 40.7 Å². The highest BCUT2D eigenvalue weighted by Crippen LogP contribution is 2.31. The molecule has 0 heterocycles. The Morgan fingerprint density at radius 2 is 1.29 bits per heavy atom. The number of hydrazine groups is 1. The molecule has 0 spiro atoms. The first kappa shape index (κ1) is 22.4. The summed E-state index contributed by atoms with van der Waals surface area (Å²) < 4.78 is 0. The van der Waals surface area contributed by atoms with Crippen LogP contribution in [0.5, 0.6) is 0 Å². The monoisotopic (exact) mass is 414 g/mol. The summed E-state index contributed by atoms with van der Waals surface area (Å²) in [5.41, 5.74) is 2.75. The van der Waals surface area contributed by atoms with Gasteiger partial charge in [-0.25, -0.2) is 5.01 Å². The van der Waals surface area contributed by atoms with E-state index in [9.17, 15) is 9.59 Å². The summed E-state index contributed by atoms with van der Waals surface area (Å²) in [5, 5.41) is 3.58. The first-order valence-corrected chi connectivity index (χ1v) is 10.6. The molecule has 0 aliphatic heterocycles. The molecule has 160 valence electrons. The van der Waals surface area contributed by atoms with E-state index in [0.29, 0.717) is 12.1 Å². The second-order valence-corrected chi connectivity index (χ2v) is 8.03. The summed E-state index contributed by atoms with van der Waals surface area (Å²) in [6, 6.07) is 29.1. The third-order valence-electron chi connectivity index (χ3n) is 5.63. The number of hydrogen-bond donors (Lipinski definition) is 0. The minimum absolute atomic E-state index is 0.00330. The molecule has 4 heteroatoms. The van der Waals surface area contributed by atoms with Gasteiger partial charge in [-0.3, -0.25) is 14.6 Å². The molecule has 0 saturated heterocycles. The summed E-state index contributed by atoms with van der Waals surface area (Å²) in [4.78, 5) is 26.6. The lowest BCUT2D eigenvalue weighted by Crippen LogP contribution is -2.45. The van der Waals surface area contributed by atoms with E-state index in [0.717, 1.165) is 11.1 Å². The molecule has 0 unspecified atom stereocenters. The number of benzene rings is 3. The highest BCUT2D eigenvalue weighted by Gasteiger charge is 2.32. The van der Waals surface area contributed by atoms with Crippen LogP contribution in [-0.4, -0.2) is 35.8 Å². The fourth-order valence-corrected chi connectivity index (χ4v) is 3.81. The highest BCUT2D eigenvalue weighted by molar-refractivity contribution is 5.97. The first-order valence-electron chi connectivity index (χ1n) is 10.6. The first-order chi connectivity index (χ1) is 15.0. The van der Waals surface area contributed by atoms with Crippen molar-refractivity contribution >= 4 is 11.7 Å². The van der Waals surface area contributed by atoms with E-state index in [2.05, 4.69) is 0 Å². The van der Waals surface area contributed by atoms with Gasteiger partial charge in [0.15, 0.2) is 5.78 Å². The molecule has 3 rings (SSSR count). The molecule has 2 atom stereocenters. The zero-order valence-electron chi connectivity index (χ0n) is 18.4. The molecule has 0 bridgehead atoms. The summed E-state index contributed by atoms with van der Waals surface area (Å²) >= 11 is 0. The Morgan fingerprint density at radius 3 is 1.84 bits per heavy atom. The topological polar surface area (TPSA) is 40.6 Å². The van der Waals surface area contributed by atoms with Crippen molar-refractivity contribution in [3.63, 3.8) is 0 Å². The largest absolute Gasteiger partial charge is 0.294 e. The number of carbonyl (C=O) groups is 2. The maximum absolute atomic E-state index is 13.6. The lowest BCUT2D eigenvalue weighted by molar-refractivity contribution is -0.151. The van der Waals surface area contributed by atoms with E-state index < -0.39 is 0 Å². The Morgan fingerprint density at radius 1 is 0.774 bits per heavy atom. The maximum Gasteiger partial charge on any atom is 0.240 e. The number of amides is 1. The zero-order chi connectivity index (χ0) is 22.2. The Hall–Kier alpha value is -3.24. The van der Waals surface area contributed by atoms with E-state index >= 15 is 0 Å². The van der Waals surface area contributed by atoms with Crippen LogP contribution in [0.15, 0.2) is 91.0 Å². The minimum atomic E-state index is -0.360. The Bertz CT molecular complexity index is 972. The fraction of sp³-hybridized carbons (Fsp3) is 0.259. The molecule has 3 aromatic carbocycles. The summed E-state index contributed by atoms with van der Waals surface area (Å²) in [6.45, 7) is 2.42. The number of ketones is 1. The van der Waals surface area contributed by atoms with Crippen molar-refractivity contribution in [3.05, 3.63) is 108 Å². The van der Waals surface area contributed by atoms with Crippen molar-refractivity contribution in [2.45, 2.75) is 25.8 Å². The molecule has 0 fully saturated rings. The normalized spacial score (nSPS) is 12.9. The van der Waals surface area contributed by atoms with Crippen LogP contribution < -0.4 is 0 Å². The van der Waals surface area contributed by atoms with Crippen LogP contribution >= 0.6 is 0 Å². The minimum Gasteiger partial charge on any atom is -0.294 e. The summed E-state index contributed by atoms with van der Waals surface area (Å²) in [6.07, 6.45) is 0.285. The van der Waals surface area contributed by atoms with Crippen LogP contribution in [0.2, 0.25) is 0 Å². The molecular weight excluding hydrogens is 384 g/mol. The molecular formula is C27H30N2O2. The molecule has 0 N–H and O–H groups in total. The van der Waals surface area contributed by atoms with Gasteiger partial charge in [0.25, 0.3) is 0 Å². The highest BCUT2D eigenvalue weighted by atomic mass is 16.2. The lowest BCUT2D eigenvalue weighted by Gasteiger charge is -2.34. The Balaban J connectivity index is 1.86. The number of carbonyl (C=O) groups excluding carboxylic acids is 2. The molecule has 31 heavy (non-hydrogen) atoms. The summed E-state index contributed by atoms with van der Waals surface area (Å²) in [7, 11) is 3.75. The van der Waals surface area contributed by atoms with Crippen LogP contribution in [0.3, 0.4) is 0 Å². The van der Waals surface area contributed by atoms with Crippen LogP contribution in [0.25, 0.3) is 0 Å². The number of nitrogens with zero attached hydrogens (tertiary/aromatic N) is 2. The fourth-order valence-electron chi connectivity index (χ4n) is 3.81. The van der Waals surface area contributed by atoms with Crippen molar-refractivity contribution < 1.29 is 9.59 Å². The van der Waals surface area contributed by atoms with Gasteiger partial charge in [-0.1, -0.05) is 97.9 Å². The van der Waals surface area contributed by atoms with E-state index in [4.69, 9.17) is 0 Å². The van der Waals surface area contributed by atoms with Crippen LogP contribution in [0.4, 0.5) is 0 Å². The van der Waals surface area contributed by atoms with Gasteiger partial charge in [0, 0.05) is 37.9 Å². The molecule has 0 aromatic heterocycles. The van der Waals surface area contributed by atoms with Crippen molar-refractivity contribution in [3.8, 4) is 0 Å². The molecule has 0 aliphatic carbocycles. The van der Waals surface area contributed by atoms with Crippen LogP contribution in [-0.2, 0) is 11.3 Å². The zero-order valence-corrected chi connectivity index (χ0v) is 18.4. The second kappa shape index (κ2) is 10.7. The van der Waals surface area contributed by atoms with Gasteiger partial charge in [-0.15, -0.1) is 0 Å². The van der Waals surface area contributed by atoms with E-state index in [1.165, 1.54) is 0 Å². The van der Waals surface area contributed by atoms with Gasteiger partial charge in [-0.2, -0.15) is 0 Å². The standard InChI is InChI=1S/C27H30N2O2/c1-21(27(31)29(28(2)3)20-22-13-7-4-8-14-22)25(23-15-9-5-10-16-23)19-26(30)24-17-11-6-12-18-24/h4-18,21,25H,19-20H2,1-3H3/t21-,25-/m1/s1. The molecule has 0 saturated carbocycles. The van der Waals surface area contributed by atoms with E-state index in [1.54, 1.807) is 5.01 Å². The average molecular weight is 415 g/mol. The summed E-state index contributed by atoms with van der Waals surface area (Å²) in [5.74, 6) is -0.516. The predicted molar refractivity (Wildman–Crippen MR) is 124 cm³/mol.